The second-order valence-corrected chi connectivity index (χ2v) is 4.60. The maximum absolute atomic E-state index is 11.7. The number of carbonyl (C=O) groups excluding carboxylic acids is 1. The summed E-state index contributed by atoms with van der Waals surface area (Å²) in [6, 6.07) is 0. The molecule has 1 aromatic heterocycles. The van der Waals surface area contributed by atoms with Crippen LogP contribution in [0.2, 0.25) is 0 Å². The third-order valence-corrected chi connectivity index (χ3v) is 3.42. The molecule has 0 unspecified atom stereocenters. The van der Waals surface area contributed by atoms with Gasteiger partial charge in [0.2, 0.25) is 5.91 Å². The molecule has 0 spiro atoms. The molecule has 0 aliphatic carbocycles. The molecule has 0 saturated carbocycles. The lowest BCUT2D eigenvalue weighted by atomic mass is 10.4. The lowest BCUT2D eigenvalue weighted by Gasteiger charge is -2.13. The maximum Gasteiger partial charge on any atom is 0.229 e. The first-order valence-electron chi connectivity index (χ1n) is 5.11. The van der Waals surface area contributed by atoms with Crippen LogP contribution in [0.4, 0.5) is 0 Å². The van der Waals surface area contributed by atoms with Crippen molar-refractivity contribution in [2.45, 2.75) is 25.9 Å². The van der Waals surface area contributed by atoms with Crippen LogP contribution in [0.5, 0.6) is 0 Å². The summed E-state index contributed by atoms with van der Waals surface area (Å²) >= 11 is 1.44. The predicted molar refractivity (Wildman–Crippen MR) is 57.6 cm³/mol. The van der Waals surface area contributed by atoms with Crippen LogP contribution in [0.15, 0.2) is 5.38 Å². The van der Waals surface area contributed by atoms with Gasteiger partial charge in [0.05, 0.1) is 18.7 Å². The third-order valence-electron chi connectivity index (χ3n) is 2.52. The molecule has 2 rings (SSSR count). The molecule has 2 heterocycles. The van der Waals surface area contributed by atoms with E-state index >= 15 is 0 Å². The summed E-state index contributed by atoms with van der Waals surface area (Å²) in [5.41, 5.74) is 0.657. The Labute approximate surface area is 92.6 Å². The number of likely N-dealkylation sites (tertiary alicyclic amines) is 1. The Kier molecular flexibility index (Phi) is 3.33. The molecular weight excluding hydrogens is 212 g/mol. The molecule has 0 radical (unpaired) electrons. The highest BCUT2D eigenvalue weighted by Gasteiger charge is 2.18. The molecule has 1 aliphatic heterocycles. The van der Waals surface area contributed by atoms with E-state index in [2.05, 4.69) is 4.98 Å². The summed E-state index contributed by atoms with van der Waals surface area (Å²) in [5.74, 6) is 0.159. The molecule has 1 fully saturated rings. The number of thiazole rings is 1. The minimum atomic E-state index is -0.0472. The van der Waals surface area contributed by atoms with E-state index in [1.807, 2.05) is 4.90 Å². The van der Waals surface area contributed by atoms with Gasteiger partial charge in [0.25, 0.3) is 0 Å². The molecule has 0 atom stereocenters. The normalized spacial score (nSPS) is 15.9. The Hall–Kier alpha value is -0.940. The fourth-order valence-corrected chi connectivity index (χ4v) is 2.49. The summed E-state index contributed by atoms with van der Waals surface area (Å²) in [6.45, 7) is 1.72. The summed E-state index contributed by atoms with van der Waals surface area (Å²) in [4.78, 5) is 17.8. The topological polar surface area (TPSA) is 53.4 Å². The van der Waals surface area contributed by atoms with Gasteiger partial charge >= 0.3 is 0 Å². The van der Waals surface area contributed by atoms with Crippen LogP contribution in [0.25, 0.3) is 0 Å². The Balaban J connectivity index is 1.92. The Morgan fingerprint density at radius 2 is 2.27 bits per heavy atom. The molecule has 1 amide bonds. The fraction of sp³-hybridized carbons (Fsp3) is 0.600. The number of hydrogen-bond donors (Lipinski definition) is 1. The first kappa shape index (κ1) is 10.6. The number of hydrogen-bond acceptors (Lipinski definition) is 4. The van der Waals surface area contributed by atoms with Crippen molar-refractivity contribution >= 4 is 17.2 Å². The predicted octanol–water partition coefficient (Wildman–Crippen LogP) is 0.800. The number of nitrogens with zero attached hydrogens (tertiary/aromatic N) is 2. The van der Waals surface area contributed by atoms with Crippen LogP contribution < -0.4 is 0 Å². The average Bonchev–Trinajstić information content (AvgIpc) is 2.87. The van der Waals surface area contributed by atoms with Crippen molar-refractivity contribution in [1.82, 2.24) is 9.88 Å². The molecule has 1 saturated heterocycles. The largest absolute Gasteiger partial charge is 0.390 e. The number of aliphatic hydroxyl groups excluding tert-OH is 1. The van der Waals surface area contributed by atoms with Gasteiger partial charge < -0.3 is 10.0 Å². The highest BCUT2D eigenvalue weighted by Crippen LogP contribution is 2.14. The van der Waals surface area contributed by atoms with E-state index in [4.69, 9.17) is 5.11 Å². The van der Waals surface area contributed by atoms with E-state index < -0.39 is 0 Å². The molecule has 15 heavy (non-hydrogen) atoms. The van der Waals surface area contributed by atoms with Crippen molar-refractivity contribution in [3.63, 3.8) is 0 Å². The van der Waals surface area contributed by atoms with Gasteiger partial charge in [-0.15, -0.1) is 11.3 Å². The van der Waals surface area contributed by atoms with Crippen LogP contribution in [0, 0.1) is 0 Å². The third kappa shape index (κ3) is 2.54. The number of amides is 1. The molecule has 0 bridgehead atoms. The van der Waals surface area contributed by atoms with Crippen LogP contribution in [0.1, 0.15) is 23.5 Å². The van der Waals surface area contributed by atoms with Gasteiger partial charge in [0, 0.05) is 18.5 Å². The van der Waals surface area contributed by atoms with Crippen molar-refractivity contribution in [3.05, 3.63) is 16.1 Å². The maximum atomic E-state index is 11.7. The Morgan fingerprint density at radius 3 is 2.87 bits per heavy atom. The monoisotopic (exact) mass is 226 g/mol. The number of rotatable bonds is 3. The minimum absolute atomic E-state index is 0.0472. The Bertz CT molecular complexity index is 345. The average molecular weight is 226 g/mol. The van der Waals surface area contributed by atoms with Crippen LogP contribution >= 0.6 is 11.3 Å². The Morgan fingerprint density at radius 1 is 1.53 bits per heavy atom. The summed E-state index contributed by atoms with van der Waals surface area (Å²) in [6.07, 6.45) is 2.61. The van der Waals surface area contributed by atoms with Crippen molar-refractivity contribution in [2.75, 3.05) is 13.1 Å². The van der Waals surface area contributed by atoms with Crippen molar-refractivity contribution < 1.29 is 9.90 Å². The minimum Gasteiger partial charge on any atom is -0.390 e. The molecule has 1 aromatic rings. The van der Waals surface area contributed by atoms with E-state index in [0.29, 0.717) is 12.1 Å². The second-order valence-electron chi connectivity index (χ2n) is 3.66. The lowest BCUT2D eigenvalue weighted by Crippen LogP contribution is -2.29. The van der Waals surface area contributed by atoms with Gasteiger partial charge in [-0.25, -0.2) is 4.98 Å². The first-order chi connectivity index (χ1) is 7.29. The zero-order chi connectivity index (χ0) is 10.7. The van der Waals surface area contributed by atoms with Crippen LogP contribution in [0.3, 0.4) is 0 Å². The van der Waals surface area contributed by atoms with E-state index in [9.17, 15) is 4.79 Å². The molecule has 5 heteroatoms. The molecule has 82 valence electrons. The molecule has 1 N–H and O–H groups in total. The fourth-order valence-electron chi connectivity index (χ4n) is 1.71. The number of aliphatic hydroxyl groups is 1. The van der Waals surface area contributed by atoms with Crippen LogP contribution in [-0.2, 0) is 17.8 Å². The zero-order valence-corrected chi connectivity index (χ0v) is 9.29. The number of aromatic nitrogens is 1. The van der Waals surface area contributed by atoms with Crippen molar-refractivity contribution in [3.8, 4) is 0 Å². The van der Waals surface area contributed by atoms with E-state index in [-0.39, 0.29) is 12.5 Å². The lowest BCUT2D eigenvalue weighted by molar-refractivity contribution is -0.129. The highest BCUT2D eigenvalue weighted by molar-refractivity contribution is 7.09. The molecule has 1 aliphatic rings. The van der Waals surface area contributed by atoms with Gasteiger partial charge in [0.15, 0.2) is 0 Å². The standard InChI is InChI=1S/C10H14N2O2S/c13-6-8-7-15-9(11-8)5-10(14)12-3-1-2-4-12/h7,13H,1-6H2. The second kappa shape index (κ2) is 4.72. The molecule has 4 nitrogen and oxygen atoms in total. The van der Waals surface area contributed by atoms with E-state index in [0.717, 1.165) is 30.9 Å². The van der Waals surface area contributed by atoms with E-state index in [1.165, 1.54) is 11.3 Å². The van der Waals surface area contributed by atoms with Gasteiger partial charge in [-0.2, -0.15) is 0 Å². The highest BCUT2D eigenvalue weighted by atomic mass is 32.1. The summed E-state index contributed by atoms with van der Waals surface area (Å²) in [7, 11) is 0. The quantitative estimate of drug-likeness (QED) is 0.829. The SMILES string of the molecule is O=C(Cc1nc(CO)cs1)N1CCCC1. The number of carbonyl (C=O) groups is 1. The van der Waals surface area contributed by atoms with E-state index in [1.54, 1.807) is 5.38 Å². The van der Waals surface area contributed by atoms with Crippen LogP contribution in [-0.4, -0.2) is 34.0 Å². The molecular formula is C10H14N2O2S. The smallest absolute Gasteiger partial charge is 0.229 e. The van der Waals surface area contributed by atoms with Crippen molar-refractivity contribution in [1.29, 1.82) is 0 Å². The van der Waals surface area contributed by atoms with Gasteiger partial charge in [-0.1, -0.05) is 0 Å². The van der Waals surface area contributed by atoms with Gasteiger partial charge in [0.1, 0.15) is 5.01 Å². The van der Waals surface area contributed by atoms with Gasteiger partial charge in [-0.05, 0) is 12.8 Å². The summed E-state index contributed by atoms with van der Waals surface area (Å²) < 4.78 is 0. The zero-order valence-electron chi connectivity index (χ0n) is 8.48. The molecule has 0 aromatic carbocycles. The first-order valence-corrected chi connectivity index (χ1v) is 5.99. The van der Waals surface area contributed by atoms with Crippen molar-refractivity contribution in [2.24, 2.45) is 0 Å². The van der Waals surface area contributed by atoms with Gasteiger partial charge in [-0.3, -0.25) is 4.79 Å². The summed E-state index contributed by atoms with van der Waals surface area (Å²) in [5, 5.41) is 11.4.